The molecule has 0 bridgehead atoms. The van der Waals surface area contributed by atoms with Crippen molar-refractivity contribution in [3.05, 3.63) is 54.9 Å². The first kappa shape index (κ1) is 12.5. The van der Waals surface area contributed by atoms with E-state index in [0.29, 0.717) is 0 Å². The van der Waals surface area contributed by atoms with Gasteiger partial charge in [-0.15, -0.1) is 0 Å². The molecule has 0 aliphatic heterocycles. The second-order valence-corrected chi connectivity index (χ2v) is 2.74. The quantitative estimate of drug-likeness (QED) is 0.704. The summed E-state index contributed by atoms with van der Waals surface area (Å²) in [6.45, 7) is 7.35. The van der Waals surface area contributed by atoms with Crippen LogP contribution < -0.4 is 5.32 Å². The van der Waals surface area contributed by atoms with E-state index in [1.807, 2.05) is 44.6 Å². The lowest BCUT2D eigenvalue weighted by Crippen LogP contribution is -1.89. The zero-order chi connectivity index (χ0) is 10.8. The third-order valence-corrected chi connectivity index (χ3v) is 1.36. The molecule has 1 aromatic rings. The molecule has 76 valence electrons. The molecule has 0 amide bonds. The molecule has 14 heavy (non-hydrogen) atoms. The fourth-order valence-electron chi connectivity index (χ4n) is 0.713. The van der Waals surface area contributed by atoms with Gasteiger partial charge in [0.25, 0.3) is 0 Å². The molecule has 2 nitrogen and oxygen atoms in total. The standard InChI is InChI=1S/C10H11N.C2H7N/c1-3-9(2)6-7-10-5-4-8-11-10;1-3-2/h3-8,11H,1-2H2;3H,1-2H3/b7-6+;. The van der Waals surface area contributed by atoms with Gasteiger partial charge in [0.1, 0.15) is 0 Å². The Morgan fingerprint density at radius 2 is 2.14 bits per heavy atom. The van der Waals surface area contributed by atoms with Crippen molar-refractivity contribution < 1.29 is 0 Å². The van der Waals surface area contributed by atoms with Crippen molar-refractivity contribution in [3.8, 4) is 0 Å². The Kier molecular flexibility index (Phi) is 7.19. The third kappa shape index (κ3) is 6.03. The first-order chi connectivity index (χ1) is 6.74. The Bertz CT molecular complexity index is 281. The lowest BCUT2D eigenvalue weighted by molar-refractivity contribution is 1.02. The molecule has 0 spiro atoms. The van der Waals surface area contributed by atoms with Crippen molar-refractivity contribution in [2.24, 2.45) is 0 Å². The van der Waals surface area contributed by atoms with E-state index in [9.17, 15) is 0 Å². The van der Waals surface area contributed by atoms with E-state index >= 15 is 0 Å². The summed E-state index contributed by atoms with van der Waals surface area (Å²) in [5.74, 6) is 0. The average Bonchev–Trinajstić information content (AvgIpc) is 2.68. The van der Waals surface area contributed by atoms with Gasteiger partial charge in [-0.1, -0.05) is 25.3 Å². The van der Waals surface area contributed by atoms with Crippen molar-refractivity contribution in [2.75, 3.05) is 14.1 Å². The van der Waals surface area contributed by atoms with Crippen LogP contribution >= 0.6 is 0 Å². The van der Waals surface area contributed by atoms with Crippen molar-refractivity contribution in [1.82, 2.24) is 10.3 Å². The molecule has 2 N–H and O–H groups in total. The van der Waals surface area contributed by atoms with E-state index < -0.39 is 0 Å². The number of aromatic amines is 1. The van der Waals surface area contributed by atoms with Crippen LogP contribution in [0, 0.1) is 0 Å². The van der Waals surface area contributed by atoms with Gasteiger partial charge in [-0.2, -0.15) is 0 Å². The van der Waals surface area contributed by atoms with Crippen molar-refractivity contribution >= 4 is 6.08 Å². The summed E-state index contributed by atoms with van der Waals surface area (Å²) >= 11 is 0. The number of aromatic nitrogens is 1. The van der Waals surface area contributed by atoms with Crippen LogP contribution in [0.4, 0.5) is 0 Å². The van der Waals surface area contributed by atoms with Crippen LogP contribution in [0.3, 0.4) is 0 Å². The fraction of sp³-hybridized carbons (Fsp3) is 0.167. The first-order valence-corrected chi connectivity index (χ1v) is 4.46. The summed E-state index contributed by atoms with van der Waals surface area (Å²) in [5, 5.41) is 2.75. The highest BCUT2D eigenvalue weighted by molar-refractivity contribution is 5.50. The van der Waals surface area contributed by atoms with Gasteiger partial charge in [-0.3, -0.25) is 0 Å². The number of hydrogen-bond acceptors (Lipinski definition) is 1. The summed E-state index contributed by atoms with van der Waals surface area (Å²) in [4.78, 5) is 3.05. The molecular formula is C12H18N2. The highest BCUT2D eigenvalue weighted by Crippen LogP contribution is 2.01. The lowest BCUT2D eigenvalue weighted by atomic mass is 10.2. The van der Waals surface area contributed by atoms with E-state index in [2.05, 4.69) is 23.5 Å². The van der Waals surface area contributed by atoms with Crippen LogP contribution in [0.25, 0.3) is 6.08 Å². The van der Waals surface area contributed by atoms with Crippen LogP contribution in [-0.4, -0.2) is 19.1 Å². The minimum absolute atomic E-state index is 0.916. The molecule has 0 aromatic carbocycles. The maximum Gasteiger partial charge on any atom is 0.0380 e. The van der Waals surface area contributed by atoms with Crippen molar-refractivity contribution in [3.63, 3.8) is 0 Å². The van der Waals surface area contributed by atoms with Crippen LogP contribution in [0.5, 0.6) is 0 Å². The van der Waals surface area contributed by atoms with Gasteiger partial charge in [0.15, 0.2) is 0 Å². The van der Waals surface area contributed by atoms with Gasteiger partial charge < -0.3 is 10.3 Å². The molecular weight excluding hydrogens is 172 g/mol. The Morgan fingerprint density at radius 3 is 2.57 bits per heavy atom. The topological polar surface area (TPSA) is 27.8 Å². The van der Waals surface area contributed by atoms with Crippen molar-refractivity contribution in [1.29, 1.82) is 0 Å². The van der Waals surface area contributed by atoms with E-state index in [1.54, 1.807) is 6.08 Å². The van der Waals surface area contributed by atoms with Gasteiger partial charge in [0, 0.05) is 11.9 Å². The van der Waals surface area contributed by atoms with E-state index in [1.165, 1.54) is 0 Å². The Balaban J connectivity index is 0.000000500. The molecule has 1 heterocycles. The minimum atomic E-state index is 0.916. The zero-order valence-corrected chi connectivity index (χ0v) is 8.88. The predicted octanol–water partition coefficient (Wildman–Crippen LogP) is 2.61. The fourth-order valence-corrected chi connectivity index (χ4v) is 0.713. The van der Waals surface area contributed by atoms with Gasteiger partial charge in [-0.05, 0) is 37.9 Å². The van der Waals surface area contributed by atoms with Crippen LogP contribution in [0.15, 0.2) is 49.2 Å². The molecule has 0 saturated carbocycles. The smallest absolute Gasteiger partial charge is 0.0380 e. The molecule has 0 aliphatic rings. The SMILES string of the molecule is C=CC(=C)/C=C/c1ccc[nH]1.CNC. The monoisotopic (exact) mass is 190 g/mol. The highest BCUT2D eigenvalue weighted by atomic mass is 14.7. The van der Waals surface area contributed by atoms with E-state index in [4.69, 9.17) is 0 Å². The third-order valence-electron chi connectivity index (χ3n) is 1.36. The molecule has 0 unspecified atom stereocenters. The zero-order valence-electron chi connectivity index (χ0n) is 8.88. The Hall–Kier alpha value is -1.54. The Labute approximate surface area is 86.0 Å². The summed E-state index contributed by atoms with van der Waals surface area (Å²) in [5.41, 5.74) is 1.99. The maximum atomic E-state index is 3.75. The molecule has 1 rings (SSSR count). The van der Waals surface area contributed by atoms with Crippen LogP contribution in [-0.2, 0) is 0 Å². The number of rotatable bonds is 3. The summed E-state index contributed by atoms with van der Waals surface area (Å²) in [7, 11) is 3.75. The number of nitrogens with one attached hydrogen (secondary N) is 2. The summed E-state index contributed by atoms with van der Waals surface area (Å²) < 4.78 is 0. The van der Waals surface area contributed by atoms with Crippen LogP contribution in [0.2, 0.25) is 0 Å². The van der Waals surface area contributed by atoms with Gasteiger partial charge in [0.2, 0.25) is 0 Å². The molecule has 2 heteroatoms. The second kappa shape index (κ2) is 8.08. The molecule has 0 aliphatic carbocycles. The first-order valence-electron chi connectivity index (χ1n) is 4.46. The maximum absolute atomic E-state index is 3.75. The van der Waals surface area contributed by atoms with Crippen LogP contribution in [0.1, 0.15) is 5.69 Å². The molecule has 0 atom stereocenters. The van der Waals surface area contributed by atoms with E-state index in [-0.39, 0.29) is 0 Å². The minimum Gasteiger partial charge on any atom is -0.362 e. The number of allylic oxidation sites excluding steroid dienone is 3. The second-order valence-electron chi connectivity index (χ2n) is 2.74. The van der Waals surface area contributed by atoms with Crippen molar-refractivity contribution in [2.45, 2.75) is 0 Å². The highest BCUT2D eigenvalue weighted by Gasteiger charge is 1.82. The summed E-state index contributed by atoms with van der Waals surface area (Å²) in [6.07, 6.45) is 7.48. The van der Waals surface area contributed by atoms with Gasteiger partial charge in [-0.25, -0.2) is 0 Å². The molecule has 0 fully saturated rings. The number of H-pyrrole nitrogens is 1. The Morgan fingerprint density at radius 1 is 1.50 bits per heavy atom. The summed E-state index contributed by atoms with van der Waals surface area (Å²) in [6, 6.07) is 3.95. The largest absolute Gasteiger partial charge is 0.362 e. The normalized spacial score (nSPS) is 9.29. The van der Waals surface area contributed by atoms with Gasteiger partial charge >= 0.3 is 0 Å². The molecule has 1 aromatic heterocycles. The average molecular weight is 190 g/mol. The molecule has 0 saturated heterocycles. The predicted molar refractivity (Wildman–Crippen MR) is 64.1 cm³/mol. The van der Waals surface area contributed by atoms with Gasteiger partial charge in [0.05, 0.1) is 0 Å². The van der Waals surface area contributed by atoms with E-state index in [0.717, 1.165) is 11.3 Å². The molecule has 0 radical (unpaired) electrons. The number of hydrogen-bond donors (Lipinski definition) is 2. The lowest BCUT2D eigenvalue weighted by Gasteiger charge is -1.86.